The molecule has 2 amide bonds. The van der Waals surface area contributed by atoms with Gasteiger partial charge < -0.3 is 15.3 Å². The van der Waals surface area contributed by atoms with Gasteiger partial charge in [0, 0.05) is 31.3 Å². The van der Waals surface area contributed by atoms with Gasteiger partial charge in [-0.05, 0) is 35.7 Å². The lowest BCUT2D eigenvalue weighted by molar-refractivity contribution is -0.140. The van der Waals surface area contributed by atoms with Crippen LogP contribution in [0.1, 0.15) is 30.4 Å². The Bertz CT molecular complexity index is 848. The maximum absolute atomic E-state index is 12.3. The first-order chi connectivity index (χ1) is 12.5. The molecule has 0 aliphatic carbocycles. The maximum Gasteiger partial charge on any atom is 0.311 e. The number of anilines is 2. The van der Waals surface area contributed by atoms with E-state index >= 15 is 0 Å². The van der Waals surface area contributed by atoms with Crippen LogP contribution in [0, 0.1) is 0 Å². The number of rotatable bonds is 5. The second kappa shape index (κ2) is 7.39. The lowest BCUT2D eigenvalue weighted by Crippen LogP contribution is -2.25. The third kappa shape index (κ3) is 3.74. The van der Waals surface area contributed by atoms with Crippen LogP contribution in [0.3, 0.4) is 0 Å². The highest BCUT2D eigenvalue weighted by Gasteiger charge is 2.25. The Morgan fingerprint density at radius 3 is 2.54 bits per heavy atom. The average Bonchev–Trinajstić information content (AvgIpc) is 3.03. The monoisotopic (exact) mass is 352 g/mol. The Hall–Kier alpha value is -3.15. The van der Waals surface area contributed by atoms with Gasteiger partial charge in [-0.25, -0.2) is 0 Å². The van der Waals surface area contributed by atoms with Crippen LogP contribution in [0.4, 0.5) is 11.4 Å². The second-order valence-electron chi connectivity index (χ2n) is 6.32. The van der Waals surface area contributed by atoms with E-state index in [-0.39, 0.29) is 18.2 Å². The molecule has 6 heteroatoms. The van der Waals surface area contributed by atoms with Crippen molar-refractivity contribution in [3.8, 4) is 0 Å². The van der Waals surface area contributed by atoms with Gasteiger partial charge in [-0.15, -0.1) is 0 Å². The van der Waals surface area contributed by atoms with E-state index in [0.29, 0.717) is 17.8 Å². The standard InChI is InChI=1S/C20H20N2O4/c1-13(23)22-10-9-15-11-16(7-8-18(15)22)21-19(24)12-17(20(25)26)14-5-3-2-4-6-14/h2-8,11,17H,9-10,12H2,1H3,(H,21,24)(H,25,26)/t17-/m0/s1. The number of nitrogens with zero attached hydrogens (tertiary/aromatic N) is 1. The predicted octanol–water partition coefficient (Wildman–Crippen LogP) is 2.79. The number of aliphatic carboxylic acids is 1. The van der Waals surface area contributed by atoms with Crippen molar-refractivity contribution in [3.05, 3.63) is 59.7 Å². The van der Waals surface area contributed by atoms with Crippen LogP contribution >= 0.6 is 0 Å². The van der Waals surface area contributed by atoms with Gasteiger partial charge in [-0.2, -0.15) is 0 Å². The van der Waals surface area contributed by atoms with Crippen molar-refractivity contribution in [2.24, 2.45) is 0 Å². The summed E-state index contributed by atoms with van der Waals surface area (Å²) < 4.78 is 0. The minimum Gasteiger partial charge on any atom is -0.481 e. The first-order valence-electron chi connectivity index (χ1n) is 8.44. The van der Waals surface area contributed by atoms with Gasteiger partial charge in [0.2, 0.25) is 11.8 Å². The highest BCUT2D eigenvalue weighted by molar-refractivity contribution is 5.97. The molecule has 134 valence electrons. The van der Waals surface area contributed by atoms with Gasteiger partial charge in [-0.1, -0.05) is 30.3 Å². The molecule has 2 aromatic carbocycles. The fourth-order valence-corrected chi connectivity index (χ4v) is 3.24. The number of nitrogens with one attached hydrogen (secondary N) is 1. The van der Waals surface area contributed by atoms with E-state index in [1.165, 1.54) is 6.92 Å². The van der Waals surface area contributed by atoms with Crippen molar-refractivity contribution in [1.29, 1.82) is 0 Å². The largest absolute Gasteiger partial charge is 0.481 e. The van der Waals surface area contributed by atoms with Crippen LogP contribution in [0.5, 0.6) is 0 Å². The average molecular weight is 352 g/mol. The fourth-order valence-electron chi connectivity index (χ4n) is 3.24. The van der Waals surface area contributed by atoms with Crippen LogP contribution in [0.15, 0.2) is 48.5 Å². The number of hydrogen-bond acceptors (Lipinski definition) is 3. The Balaban J connectivity index is 1.70. The number of carboxylic acid groups (broad SMARTS) is 1. The third-order valence-electron chi connectivity index (χ3n) is 4.53. The van der Waals surface area contributed by atoms with Gasteiger partial charge in [0.25, 0.3) is 0 Å². The fraction of sp³-hybridized carbons (Fsp3) is 0.250. The van der Waals surface area contributed by atoms with E-state index in [2.05, 4.69) is 5.32 Å². The molecular weight excluding hydrogens is 332 g/mol. The van der Waals surface area contributed by atoms with E-state index in [1.807, 2.05) is 12.1 Å². The summed E-state index contributed by atoms with van der Waals surface area (Å²) in [4.78, 5) is 37.2. The normalized spacial score (nSPS) is 13.8. The zero-order chi connectivity index (χ0) is 18.7. The van der Waals surface area contributed by atoms with Gasteiger partial charge in [0.05, 0.1) is 5.92 Å². The molecule has 6 nitrogen and oxygen atoms in total. The molecule has 1 aliphatic rings. The maximum atomic E-state index is 12.3. The van der Waals surface area contributed by atoms with Crippen LogP contribution < -0.4 is 10.2 Å². The van der Waals surface area contributed by atoms with Gasteiger partial charge in [0.15, 0.2) is 0 Å². The quantitative estimate of drug-likeness (QED) is 0.866. The summed E-state index contributed by atoms with van der Waals surface area (Å²) >= 11 is 0. The Morgan fingerprint density at radius 2 is 1.88 bits per heavy atom. The SMILES string of the molecule is CC(=O)N1CCc2cc(NC(=O)C[C@H](C(=O)O)c3ccccc3)ccc21. The smallest absolute Gasteiger partial charge is 0.311 e. The summed E-state index contributed by atoms with van der Waals surface area (Å²) in [5.41, 5.74) is 3.07. The summed E-state index contributed by atoms with van der Waals surface area (Å²) in [7, 11) is 0. The minimum absolute atomic E-state index is 0.00676. The molecule has 0 aromatic heterocycles. The molecule has 0 bridgehead atoms. The zero-order valence-corrected chi connectivity index (χ0v) is 14.4. The number of carbonyl (C=O) groups excluding carboxylic acids is 2. The number of hydrogen-bond donors (Lipinski definition) is 2. The molecule has 0 spiro atoms. The first kappa shape index (κ1) is 17.7. The molecule has 0 fully saturated rings. The highest BCUT2D eigenvalue weighted by Crippen LogP contribution is 2.30. The van der Waals surface area contributed by atoms with Crippen molar-refractivity contribution in [2.75, 3.05) is 16.8 Å². The van der Waals surface area contributed by atoms with Crippen LogP contribution in [-0.4, -0.2) is 29.4 Å². The summed E-state index contributed by atoms with van der Waals surface area (Å²) in [6.45, 7) is 2.16. The van der Waals surface area contributed by atoms with Gasteiger partial charge in [0.1, 0.15) is 0 Å². The summed E-state index contributed by atoms with van der Waals surface area (Å²) in [6.07, 6.45) is 0.594. The number of fused-ring (bicyclic) bond motifs is 1. The van der Waals surface area contributed by atoms with Crippen molar-refractivity contribution < 1.29 is 19.5 Å². The molecule has 0 radical (unpaired) electrons. The minimum atomic E-state index is -1.03. The summed E-state index contributed by atoms with van der Waals surface area (Å²) in [5, 5.41) is 12.2. The molecule has 0 saturated carbocycles. The number of carboxylic acids is 1. The summed E-state index contributed by atoms with van der Waals surface area (Å²) in [5.74, 6) is -2.29. The molecular formula is C20H20N2O4. The molecule has 3 rings (SSSR count). The van der Waals surface area contributed by atoms with E-state index in [9.17, 15) is 19.5 Å². The number of benzene rings is 2. The highest BCUT2D eigenvalue weighted by atomic mass is 16.4. The van der Waals surface area contributed by atoms with Crippen LogP contribution in [0.2, 0.25) is 0 Å². The first-order valence-corrected chi connectivity index (χ1v) is 8.44. The number of amides is 2. The molecule has 0 saturated heterocycles. The van der Waals surface area contributed by atoms with E-state index in [4.69, 9.17) is 0 Å². The molecule has 1 aliphatic heterocycles. The predicted molar refractivity (Wildman–Crippen MR) is 98.2 cm³/mol. The number of carbonyl (C=O) groups is 3. The molecule has 26 heavy (non-hydrogen) atoms. The molecule has 1 heterocycles. The lowest BCUT2D eigenvalue weighted by Gasteiger charge is -2.16. The third-order valence-corrected chi connectivity index (χ3v) is 4.53. The topological polar surface area (TPSA) is 86.7 Å². The molecule has 0 unspecified atom stereocenters. The molecule has 2 N–H and O–H groups in total. The van der Waals surface area contributed by atoms with Crippen molar-refractivity contribution >= 4 is 29.2 Å². The van der Waals surface area contributed by atoms with E-state index in [1.54, 1.807) is 41.3 Å². The van der Waals surface area contributed by atoms with Crippen molar-refractivity contribution in [1.82, 2.24) is 0 Å². The van der Waals surface area contributed by atoms with Gasteiger partial charge in [-0.3, -0.25) is 14.4 Å². The van der Waals surface area contributed by atoms with Crippen LogP contribution in [-0.2, 0) is 20.8 Å². The Morgan fingerprint density at radius 1 is 1.15 bits per heavy atom. The Labute approximate surface area is 151 Å². The van der Waals surface area contributed by atoms with E-state index < -0.39 is 11.9 Å². The summed E-state index contributed by atoms with van der Waals surface area (Å²) in [6, 6.07) is 14.1. The van der Waals surface area contributed by atoms with Crippen molar-refractivity contribution in [3.63, 3.8) is 0 Å². The Kier molecular flexibility index (Phi) is 5.02. The van der Waals surface area contributed by atoms with Crippen molar-refractivity contribution in [2.45, 2.75) is 25.7 Å². The molecule has 2 aromatic rings. The lowest BCUT2D eigenvalue weighted by atomic mass is 9.95. The molecule has 1 atom stereocenters. The van der Waals surface area contributed by atoms with E-state index in [0.717, 1.165) is 17.7 Å². The zero-order valence-electron chi connectivity index (χ0n) is 14.4. The van der Waals surface area contributed by atoms with Crippen LogP contribution in [0.25, 0.3) is 0 Å². The second-order valence-corrected chi connectivity index (χ2v) is 6.32. The van der Waals surface area contributed by atoms with Gasteiger partial charge >= 0.3 is 5.97 Å².